The second-order valence-electron chi connectivity index (χ2n) is 2.30. The molecule has 0 atom stereocenters. The van der Waals surface area contributed by atoms with Crippen molar-refractivity contribution in [2.45, 2.75) is 0 Å². The molecule has 1 aromatic carbocycles. The number of phenols is 1. The predicted molar refractivity (Wildman–Crippen MR) is 40.0 cm³/mol. The average Bonchev–Trinajstić information content (AvgIpc) is 2.39. The van der Waals surface area contributed by atoms with Crippen molar-refractivity contribution in [1.82, 2.24) is 4.98 Å². The lowest BCUT2D eigenvalue weighted by Crippen LogP contribution is -1.80. The Balaban J connectivity index is 2.89. The average molecular weight is 168 g/mol. The summed E-state index contributed by atoms with van der Waals surface area (Å²) < 4.78 is 17.7. The number of rotatable bonds is 0. The summed E-state index contributed by atoms with van der Waals surface area (Å²) >= 11 is 0. The molecule has 0 bridgehead atoms. The SMILES string of the molecule is Nc1nc2ccc(O)c(F)c2o1. The summed E-state index contributed by atoms with van der Waals surface area (Å²) in [4.78, 5) is 3.68. The fourth-order valence-corrected chi connectivity index (χ4v) is 0.967. The monoisotopic (exact) mass is 168 g/mol. The lowest BCUT2D eigenvalue weighted by atomic mass is 10.3. The number of aromatic nitrogens is 1. The molecule has 0 saturated heterocycles. The summed E-state index contributed by atoms with van der Waals surface area (Å²) in [6.07, 6.45) is 0. The zero-order valence-corrected chi connectivity index (χ0v) is 5.91. The number of anilines is 1. The van der Waals surface area contributed by atoms with Crippen molar-refractivity contribution in [3.05, 3.63) is 17.9 Å². The molecule has 2 aromatic rings. The minimum Gasteiger partial charge on any atom is -0.505 e. The molecular formula is C7H5FN2O2. The van der Waals surface area contributed by atoms with Crippen molar-refractivity contribution in [3.8, 4) is 5.75 Å². The van der Waals surface area contributed by atoms with E-state index < -0.39 is 11.6 Å². The van der Waals surface area contributed by atoms with E-state index in [9.17, 15) is 4.39 Å². The number of aromatic hydroxyl groups is 1. The van der Waals surface area contributed by atoms with Crippen LogP contribution in [0.25, 0.3) is 11.1 Å². The number of halogens is 1. The summed E-state index contributed by atoms with van der Waals surface area (Å²) in [5.41, 5.74) is 5.36. The first kappa shape index (κ1) is 6.90. The van der Waals surface area contributed by atoms with Gasteiger partial charge < -0.3 is 15.3 Å². The maximum Gasteiger partial charge on any atom is 0.293 e. The summed E-state index contributed by atoms with van der Waals surface area (Å²) in [6.45, 7) is 0. The van der Waals surface area contributed by atoms with Gasteiger partial charge in [0.2, 0.25) is 5.82 Å². The molecule has 0 aliphatic heterocycles. The van der Waals surface area contributed by atoms with Gasteiger partial charge in [-0.25, -0.2) is 0 Å². The van der Waals surface area contributed by atoms with Crippen LogP contribution in [0.15, 0.2) is 16.5 Å². The molecule has 2 rings (SSSR count). The van der Waals surface area contributed by atoms with Gasteiger partial charge in [0.15, 0.2) is 11.3 Å². The first-order valence-electron chi connectivity index (χ1n) is 3.22. The van der Waals surface area contributed by atoms with E-state index in [1.807, 2.05) is 0 Å². The normalized spacial score (nSPS) is 10.8. The third kappa shape index (κ3) is 0.795. The Kier molecular flexibility index (Phi) is 1.21. The van der Waals surface area contributed by atoms with Crippen LogP contribution >= 0.6 is 0 Å². The van der Waals surface area contributed by atoms with Crippen LogP contribution in [-0.4, -0.2) is 10.1 Å². The molecule has 0 amide bonds. The van der Waals surface area contributed by atoms with Crippen LogP contribution in [-0.2, 0) is 0 Å². The highest BCUT2D eigenvalue weighted by molar-refractivity contribution is 5.76. The second-order valence-corrected chi connectivity index (χ2v) is 2.30. The van der Waals surface area contributed by atoms with Gasteiger partial charge >= 0.3 is 0 Å². The van der Waals surface area contributed by atoms with Crippen LogP contribution in [0.4, 0.5) is 10.4 Å². The Morgan fingerprint density at radius 3 is 3.00 bits per heavy atom. The number of hydrogen-bond acceptors (Lipinski definition) is 4. The van der Waals surface area contributed by atoms with Gasteiger partial charge in [0.05, 0.1) is 0 Å². The molecule has 0 aliphatic carbocycles. The number of phenolic OH excluding ortho intramolecular Hbond substituents is 1. The maximum absolute atomic E-state index is 13.0. The molecule has 0 spiro atoms. The van der Waals surface area contributed by atoms with Gasteiger partial charge in [-0.2, -0.15) is 9.37 Å². The van der Waals surface area contributed by atoms with Crippen LogP contribution in [0.1, 0.15) is 0 Å². The van der Waals surface area contributed by atoms with Crippen LogP contribution in [0.2, 0.25) is 0 Å². The smallest absolute Gasteiger partial charge is 0.293 e. The number of fused-ring (bicyclic) bond motifs is 1. The molecule has 62 valence electrons. The highest BCUT2D eigenvalue weighted by atomic mass is 19.1. The number of hydrogen-bond donors (Lipinski definition) is 2. The van der Waals surface area contributed by atoms with Crippen molar-refractivity contribution in [1.29, 1.82) is 0 Å². The van der Waals surface area contributed by atoms with Crippen LogP contribution in [0, 0.1) is 5.82 Å². The molecule has 0 unspecified atom stereocenters. The van der Waals surface area contributed by atoms with Crippen molar-refractivity contribution in [3.63, 3.8) is 0 Å². The van der Waals surface area contributed by atoms with E-state index in [-0.39, 0.29) is 11.6 Å². The fourth-order valence-electron chi connectivity index (χ4n) is 0.967. The van der Waals surface area contributed by atoms with Crippen molar-refractivity contribution in [2.75, 3.05) is 5.73 Å². The minimum atomic E-state index is -0.836. The lowest BCUT2D eigenvalue weighted by Gasteiger charge is -1.91. The topological polar surface area (TPSA) is 72.3 Å². The zero-order chi connectivity index (χ0) is 8.72. The van der Waals surface area contributed by atoms with Gasteiger partial charge in [0.1, 0.15) is 5.52 Å². The second kappa shape index (κ2) is 2.10. The van der Waals surface area contributed by atoms with Gasteiger partial charge in [-0.1, -0.05) is 0 Å². The molecule has 0 fully saturated rings. The Bertz CT molecular complexity index is 438. The predicted octanol–water partition coefficient (Wildman–Crippen LogP) is 1.25. The molecule has 12 heavy (non-hydrogen) atoms. The Morgan fingerprint density at radius 1 is 1.50 bits per heavy atom. The standard InChI is InChI=1S/C7H5FN2O2/c8-5-4(11)2-1-3-6(5)12-7(9)10-3/h1-2,11H,(H2,9,10). The molecule has 0 radical (unpaired) electrons. The third-order valence-corrected chi connectivity index (χ3v) is 1.49. The summed E-state index contributed by atoms with van der Waals surface area (Å²) in [6, 6.07) is 2.50. The molecule has 5 heteroatoms. The number of nitrogens with two attached hydrogens (primary N) is 1. The van der Waals surface area contributed by atoms with Gasteiger partial charge in [-0.05, 0) is 12.1 Å². The van der Waals surface area contributed by atoms with E-state index in [2.05, 4.69) is 4.98 Å². The number of nitrogen functional groups attached to an aromatic ring is 1. The van der Waals surface area contributed by atoms with Gasteiger partial charge in [0, 0.05) is 0 Å². The maximum atomic E-state index is 13.0. The Morgan fingerprint density at radius 2 is 2.25 bits per heavy atom. The van der Waals surface area contributed by atoms with Gasteiger partial charge in [0.25, 0.3) is 6.01 Å². The zero-order valence-electron chi connectivity index (χ0n) is 5.91. The molecule has 0 saturated carbocycles. The Hall–Kier alpha value is -1.78. The third-order valence-electron chi connectivity index (χ3n) is 1.49. The van der Waals surface area contributed by atoms with Crippen LogP contribution in [0.5, 0.6) is 5.75 Å². The highest BCUT2D eigenvalue weighted by Gasteiger charge is 2.11. The van der Waals surface area contributed by atoms with Crippen LogP contribution in [0.3, 0.4) is 0 Å². The van der Waals surface area contributed by atoms with Gasteiger partial charge in [-0.15, -0.1) is 0 Å². The van der Waals surface area contributed by atoms with E-state index in [0.717, 1.165) is 0 Å². The van der Waals surface area contributed by atoms with E-state index in [4.69, 9.17) is 15.3 Å². The molecule has 3 N–H and O–H groups in total. The number of benzene rings is 1. The van der Waals surface area contributed by atoms with E-state index in [1.165, 1.54) is 12.1 Å². The molecular weight excluding hydrogens is 163 g/mol. The van der Waals surface area contributed by atoms with Crippen molar-refractivity contribution in [2.24, 2.45) is 0 Å². The van der Waals surface area contributed by atoms with Crippen LogP contribution < -0.4 is 5.73 Å². The molecule has 0 aliphatic rings. The Labute approximate surface area is 66.4 Å². The molecule has 4 nitrogen and oxygen atoms in total. The fraction of sp³-hybridized carbons (Fsp3) is 0. The first-order chi connectivity index (χ1) is 5.68. The summed E-state index contributed by atoms with van der Waals surface area (Å²) in [5, 5.41) is 8.92. The van der Waals surface area contributed by atoms with Gasteiger partial charge in [-0.3, -0.25) is 0 Å². The number of nitrogens with zero attached hydrogens (tertiary/aromatic N) is 1. The summed E-state index contributed by atoms with van der Waals surface area (Å²) in [5.74, 6) is -1.31. The van der Waals surface area contributed by atoms with Crippen molar-refractivity contribution >= 4 is 17.1 Å². The molecule has 1 heterocycles. The largest absolute Gasteiger partial charge is 0.505 e. The molecule has 1 aromatic heterocycles. The van der Waals surface area contributed by atoms with E-state index >= 15 is 0 Å². The van der Waals surface area contributed by atoms with E-state index in [0.29, 0.717) is 5.52 Å². The first-order valence-corrected chi connectivity index (χ1v) is 3.22. The lowest BCUT2D eigenvalue weighted by molar-refractivity contribution is 0.429. The van der Waals surface area contributed by atoms with E-state index in [1.54, 1.807) is 0 Å². The minimum absolute atomic E-state index is 0.116. The summed E-state index contributed by atoms with van der Waals surface area (Å²) in [7, 11) is 0. The highest BCUT2D eigenvalue weighted by Crippen LogP contribution is 2.26. The quantitative estimate of drug-likeness (QED) is 0.621. The van der Waals surface area contributed by atoms with Crippen molar-refractivity contribution < 1.29 is 13.9 Å². The number of oxazole rings is 1.